The van der Waals surface area contributed by atoms with E-state index in [1.807, 2.05) is 0 Å². The van der Waals surface area contributed by atoms with Crippen molar-refractivity contribution >= 4 is 17.9 Å². The summed E-state index contributed by atoms with van der Waals surface area (Å²) in [6, 6.07) is 0. The van der Waals surface area contributed by atoms with Gasteiger partial charge in [-0.25, -0.2) is 0 Å². The highest BCUT2D eigenvalue weighted by atomic mass is 16.6. The molecule has 0 amide bonds. The summed E-state index contributed by atoms with van der Waals surface area (Å²) in [7, 11) is 0. The van der Waals surface area contributed by atoms with Gasteiger partial charge in [0, 0.05) is 19.3 Å². The quantitative estimate of drug-likeness (QED) is 0.0346. The minimum atomic E-state index is -0.760. The number of rotatable bonds is 47. The molecule has 0 saturated heterocycles. The van der Waals surface area contributed by atoms with Gasteiger partial charge in [-0.15, -0.1) is 0 Å². The van der Waals surface area contributed by atoms with E-state index in [0.29, 0.717) is 19.3 Å². The van der Waals surface area contributed by atoms with Crippen LogP contribution in [0, 0.1) is 5.92 Å². The van der Waals surface area contributed by atoms with Gasteiger partial charge in [0.1, 0.15) is 13.2 Å². The van der Waals surface area contributed by atoms with Crippen LogP contribution in [0.3, 0.4) is 0 Å². The lowest BCUT2D eigenvalue weighted by atomic mass is 10.0. The van der Waals surface area contributed by atoms with Crippen molar-refractivity contribution in [2.75, 3.05) is 13.2 Å². The highest BCUT2D eigenvalue weighted by Crippen LogP contribution is 2.17. The smallest absolute Gasteiger partial charge is 0.306 e. The summed E-state index contributed by atoms with van der Waals surface area (Å²) in [6.07, 6.45) is 48.1. The van der Waals surface area contributed by atoms with Crippen molar-refractivity contribution in [3.05, 3.63) is 0 Å². The van der Waals surface area contributed by atoms with Gasteiger partial charge >= 0.3 is 17.9 Å². The number of carbonyl (C=O) groups is 3. The Labute approximate surface area is 361 Å². The Morgan fingerprint density at radius 2 is 0.569 bits per heavy atom. The molecular formula is C52H100O6. The first-order chi connectivity index (χ1) is 28.4. The highest BCUT2D eigenvalue weighted by molar-refractivity contribution is 5.71. The largest absolute Gasteiger partial charge is 0.462 e. The number of hydrogen-bond acceptors (Lipinski definition) is 6. The molecule has 0 spiro atoms. The lowest BCUT2D eigenvalue weighted by Gasteiger charge is -2.18. The fraction of sp³-hybridized carbons (Fsp3) is 0.942. The highest BCUT2D eigenvalue weighted by Gasteiger charge is 2.19. The van der Waals surface area contributed by atoms with E-state index in [4.69, 9.17) is 14.2 Å². The lowest BCUT2D eigenvalue weighted by molar-refractivity contribution is -0.167. The van der Waals surface area contributed by atoms with Gasteiger partial charge in [-0.05, 0) is 25.2 Å². The molecule has 0 aliphatic carbocycles. The minimum absolute atomic E-state index is 0.0632. The van der Waals surface area contributed by atoms with Crippen molar-refractivity contribution in [2.45, 2.75) is 297 Å². The summed E-state index contributed by atoms with van der Waals surface area (Å²) >= 11 is 0. The number of unbranched alkanes of at least 4 members (excludes halogenated alkanes) is 34. The minimum Gasteiger partial charge on any atom is -0.462 e. The molecule has 0 unspecified atom stereocenters. The maximum absolute atomic E-state index is 12.7. The average Bonchev–Trinajstić information content (AvgIpc) is 3.21. The molecule has 1 atom stereocenters. The van der Waals surface area contributed by atoms with Crippen LogP contribution in [0.25, 0.3) is 0 Å². The third-order valence-corrected chi connectivity index (χ3v) is 11.8. The summed E-state index contributed by atoms with van der Waals surface area (Å²) in [6.45, 7) is 8.99. The van der Waals surface area contributed by atoms with Crippen LogP contribution in [-0.2, 0) is 28.6 Å². The summed E-state index contributed by atoms with van der Waals surface area (Å²) in [5.41, 5.74) is 0. The molecular weight excluding hydrogens is 721 g/mol. The van der Waals surface area contributed by atoms with Crippen molar-refractivity contribution in [1.82, 2.24) is 0 Å². The Balaban J connectivity index is 4.24. The third kappa shape index (κ3) is 45.5. The molecule has 0 saturated carbocycles. The van der Waals surface area contributed by atoms with Gasteiger partial charge in [-0.1, -0.05) is 252 Å². The van der Waals surface area contributed by atoms with Gasteiger partial charge in [0.15, 0.2) is 6.10 Å². The van der Waals surface area contributed by atoms with Crippen molar-refractivity contribution in [3.8, 4) is 0 Å². The van der Waals surface area contributed by atoms with Crippen LogP contribution < -0.4 is 0 Å². The molecule has 6 heteroatoms. The summed E-state index contributed by atoms with van der Waals surface area (Å²) < 4.78 is 16.8. The molecule has 0 radical (unpaired) electrons. The molecule has 0 heterocycles. The van der Waals surface area contributed by atoms with E-state index in [9.17, 15) is 14.4 Å². The maximum Gasteiger partial charge on any atom is 0.306 e. The molecule has 0 bridgehead atoms. The van der Waals surface area contributed by atoms with Crippen LogP contribution in [0.1, 0.15) is 291 Å². The molecule has 0 fully saturated rings. The van der Waals surface area contributed by atoms with Crippen LogP contribution in [0.4, 0.5) is 0 Å². The fourth-order valence-corrected chi connectivity index (χ4v) is 7.86. The average molecular weight is 821 g/mol. The SMILES string of the molecule is CCCCCCCCCCCCCCCCCCCCC(=O)OC[C@@H](COC(=O)CCCCCCCCCCC(C)C)OC(=O)CCCCCCCCCCCCC. The summed E-state index contributed by atoms with van der Waals surface area (Å²) in [5, 5.41) is 0. The maximum atomic E-state index is 12.7. The summed E-state index contributed by atoms with van der Waals surface area (Å²) in [5.74, 6) is -0.0513. The molecule has 0 rings (SSSR count). The Morgan fingerprint density at radius 1 is 0.328 bits per heavy atom. The standard InChI is InChI=1S/C52H100O6/c1-5-7-9-11-13-15-17-18-19-20-21-22-23-25-26-31-35-39-43-50(53)56-46-49(58-52(55)45-41-37-33-27-24-16-14-12-10-8-6-2)47-57-51(54)44-40-36-32-29-28-30-34-38-42-48(3)4/h48-49H,5-47H2,1-4H3/t49-/m0/s1. The van der Waals surface area contributed by atoms with Crippen molar-refractivity contribution in [2.24, 2.45) is 5.92 Å². The van der Waals surface area contributed by atoms with E-state index < -0.39 is 6.10 Å². The van der Waals surface area contributed by atoms with Gasteiger partial charge in [-0.3, -0.25) is 14.4 Å². The fourth-order valence-electron chi connectivity index (χ4n) is 7.86. The molecule has 344 valence electrons. The van der Waals surface area contributed by atoms with E-state index >= 15 is 0 Å². The zero-order valence-corrected chi connectivity index (χ0v) is 39.5. The van der Waals surface area contributed by atoms with Crippen LogP contribution in [-0.4, -0.2) is 37.2 Å². The van der Waals surface area contributed by atoms with Crippen molar-refractivity contribution in [3.63, 3.8) is 0 Å². The Bertz CT molecular complexity index is 872. The van der Waals surface area contributed by atoms with E-state index in [2.05, 4.69) is 27.7 Å². The summed E-state index contributed by atoms with van der Waals surface area (Å²) in [4.78, 5) is 37.9. The first-order valence-corrected chi connectivity index (χ1v) is 25.9. The molecule has 0 aromatic carbocycles. The molecule has 0 aromatic heterocycles. The second-order valence-electron chi connectivity index (χ2n) is 18.3. The Morgan fingerprint density at radius 3 is 0.845 bits per heavy atom. The van der Waals surface area contributed by atoms with Crippen molar-refractivity contribution in [1.29, 1.82) is 0 Å². The monoisotopic (exact) mass is 821 g/mol. The van der Waals surface area contributed by atoms with Gasteiger partial charge in [0.2, 0.25) is 0 Å². The van der Waals surface area contributed by atoms with Gasteiger partial charge < -0.3 is 14.2 Å². The molecule has 0 aliphatic heterocycles. The van der Waals surface area contributed by atoms with Crippen LogP contribution in [0.5, 0.6) is 0 Å². The normalized spacial score (nSPS) is 11.9. The molecule has 6 nitrogen and oxygen atoms in total. The van der Waals surface area contributed by atoms with E-state index in [1.165, 1.54) is 186 Å². The molecule has 58 heavy (non-hydrogen) atoms. The zero-order chi connectivity index (χ0) is 42.4. The topological polar surface area (TPSA) is 78.9 Å². The van der Waals surface area contributed by atoms with Crippen LogP contribution in [0.2, 0.25) is 0 Å². The van der Waals surface area contributed by atoms with E-state index in [0.717, 1.165) is 63.7 Å². The van der Waals surface area contributed by atoms with Crippen molar-refractivity contribution < 1.29 is 28.6 Å². The van der Waals surface area contributed by atoms with Crippen LogP contribution >= 0.6 is 0 Å². The van der Waals surface area contributed by atoms with E-state index in [1.54, 1.807) is 0 Å². The molecule has 0 aliphatic rings. The number of ether oxygens (including phenoxy) is 3. The Kier molecular flexibility index (Phi) is 45.2. The van der Waals surface area contributed by atoms with Gasteiger partial charge in [0.05, 0.1) is 0 Å². The van der Waals surface area contributed by atoms with Gasteiger partial charge in [0.25, 0.3) is 0 Å². The van der Waals surface area contributed by atoms with E-state index in [-0.39, 0.29) is 31.1 Å². The first-order valence-electron chi connectivity index (χ1n) is 25.9. The molecule has 0 N–H and O–H groups in total. The predicted molar refractivity (Wildman–Crippen MR) is 247 cm³/mol. The lowest BCUT2D eigenvalue weighted by Crippen LogP contribution is -2.30. The predicted octanol–water partition coefficient (Wildman–Crippen LogP) is 16.7. The number of hydrogen-bond donors (Lipinski definition) is 0. The van der Waals surface area contributed by atoms with Crippen LogP contribution in [0.15, 0.2) is 0 Å². The zero-order valence-electron chi connectivity index (χ0n) is 39.5. The second kappa shape index (κ2) is 46.5. The molecule has 0 aromatic rings. The second-order valence-corrected chi connectivity index (χ2v) is 18.3. The third-order valence-electron chi connectivity index (χ3n) is 11.8. The number of carbonyl (C=O) groups excluding carboxylic acids is 3. The Hall–Kier alpha value is -1.59. The van der Waals surface area contributed by atoms with Gasteiger partial charge in [-0.2, -0.15) is 0 Å². The first kappa shape index (κ1) is 56.4. The number of esters is 3.